The fourth-order valence-electron chi connectivity index (χ4n) is 2.44. The zero-order valence-corrected chi connectivity index (χ0v) is 10.6. The van der Waals surface area contributed by atoms with Crippen LogP contribution in [0.5, 0.6) is 5.88 Å². The van der Waals surface area contributed by atoms with Gasteiger partial charge in [0.05, 0.1) is 12.8 Å². The van der Waals surface area contributed by atoms with Gasteiger partial charge in [-0.2, -0.15) is 5.10 Å². The zero-order valence-electron chi connectivity index (χ0n) is 10.6. The highest BCUT2D eigenvalue weighted by Gasteiger charge is 2.20. The van der Waals surface area contributed by atoms with Crippen LogP contribution in [0.4, 0.5) is 0 Å². The van der Waals surface area contributed by atoms with Crippen molar-refractivity contribution in [2.45, 2.75) is 45.2 Å². The zero-order chi connectivity index (χ0) is 12.1. The summed E-state index contributed by atoms with van der Waals surface area (Å²) in [6, 6.07) is 4.38. The van der Waals surface area contributed by atoms with Crippen molar-refractivity contribution in [2.24, 2.45) is 5.92 Å². The molecule has 1 N–H and O–H groups in total. The van der Waals surface area contributed by atoms with Crippen LogP contribution >= 0.6 is 0 Å². The molecule has 0 radical (unpaired) electrons. The van der Waals surface area contributed by atoms with Crippen molar-refractivity contribution >= 4 is 0 Å². The van der Waals surface area contributed by atoms with Crippen molar-refractivity contribution in [3.8, 4) is 5.88 Å². The van der Waals surface area contributed by atoms with E-state index in [2.05, 4.69) is 22.4 Å². The number of nitrogens with one attached hydrogen (secondary N) is 1. The largest absolute Gasteiger partial charge is 0.480 e. The first-order chi connectivity index (χ1) is 8.29. The van der Waals surface area contributed by atoms with Crippen molar-refractivity contribution in [3.63, 3.8) is 0 Å². The minimum absolute atomic E-state index is 0.567. The number of hydrogen-bond acceptors (Lipinski definition) is 4. The molecule has 2 rings (SSSR count). The third kappa shape index (κ3) is 3.40. The van der Waals surface area contributed by atoms with Crippen LogP contribution in [0.15, 0.2) is 12.1 Å². The van der Waals surface area contributed by atoms with Gasteiger partial charge in [-0.3, -0.25) is 0 Å². The van der Waals surface area contributed by atoms with Crippen molar-refractivity contribution < 1.29 is 4.74 Å². The van der Waals surface area contributed by atoms with E-state index in [0.29, 0.717) is 11.9 Å². The quantitative estimate of drug-likeness (QED) is 0.849. The molecule has 4 heteroatoms. The number of hydrogen-bond donors (Lipinski definition) is 1. The van der Waals surface area contributed by atoms with Gasteiger partial charge in [0.1, 0.15) is 0 Å². The molecule has 0 aliphatic heterocycles. The second kappa shape index (κ2) is 5.96. The highest BCUT2D eigenvalue weighted by Crippen LogP contribution is 2.27. The van der Waals surface area contributed by atoms with E-state index in [1.165, 1.54) is 25.7 Å². The maximum absolute atomic E-state index is 4.98. The lowest BCUT2D eigenvalue weighted by atomic mass is 10.00. The summed E-state index contributed by atoms with van der Waals surface area (Å²) in [4.78, 5) is 0. The Labute approximate surface area is 103 Å². The third-order valence-electron chi connectivity index (χ3n) is 3.62. The van der Waals surface area contributed by atoms with Crippen molar-refractivity contribution in [3.05, 3.63) is 17.8 Å². The van der Waals surface area contributed by atoms with E-state index in [-0.39, 0.29) is 0 Å². The molecule has 1 atom stereocenters. The fourth-order valence-corrected chi connectivity index (χ4v) is 2.44. The van der Waals surface area contributed by atoms with Gasteiger partial charge in [0, 0.05) is 18.7 Å². The molecule has 1 aliphatic carbocycles. The van der Waals surface area contributed by atoms with Crippen LogP contribution in [0.3, 0.4) is 0 Å². The Morgan fingerprint density at radius 2 is 2.12 bits per heavy atom. The van der Waals surface area contributed by atoms with Gasteiger partial charge in [-0.25, -0.2) is 0 Å². The molecule has 4 nitrogen and oxygen atoms in total. The van der Waals surface area contributed by atoms with Crippen LogP contribution in [0.2, 0.25) is 0 Å². The molecule has 0 bridgehead atoms. The molecule has 0 spiro atoms. The molecule has 1 aromatic rings. The van der Waals surface area contributed by atoms with Crippen LogP contribution in [0.25, 0.3) is 0 Å². The van der Waals surface area contributed by atoms with E-state index in [4.69, 9.17) is 4.74 Å². The summed E-state index contributed by atoms with van der Waals surface area (Å²) in [5.41, 5.74) is 0.968. The lowest BCUT2D eigenvalue weighted by Crippen LogP contribution is -2.32. The maximum Gasteiger partial charge on any atom is 0.233 e. The third-order valence-corrected chi connectivity index (χ3v) is 3.62. The molecule has 17 heavy (non-hydrogen) atoms. The van der Waals surface area contributed by atoms with Crippen molar-refractivity contribution in [1.29, 1.82) is 0 Å². The summed E-state index contributed by atoms with van der Waals surface area (Å²) in [5, 5.41) is 11.6. The second-order valence-corrected chi connectivity index (χ2v) is 4.78. The smallest absolute Gasteiger partial charge is 0.233 e. The molecule has 0 unspecified atom stereocenters. The Balaban J connectivity index is 1.80. The lowest BCUT2D eigenvalue weighted by molar-refractivity contribution is 0.374. The molecule has 0 amide bonds. The summed E-state index contributed by atoms with van der Waals surface area (Å²) >= 11 is 0. The molecule has 1 heterocycles. The Hall–Kier alpha value is -1.16. The first-order valence-electron chi connectivity index (χ1n) is 6.39. The lowest BCUT2D eigenvalue weighted by Gasteiger charge is -2.19. The van der Waals surface area contributed by atoms with Crippen LogP contribution in [-0.4, -0.2) is 23.3 Å². The van der Waals surface area contributed by atoms with Crippen molar-refractivity contribution in [1.82, 2.24) is 15.5 Å². The number of aromatic nitrogens is 2. The summed E-state index contributed by atoms with van der Waals surface area (Å²) < 4.78 is 4.98. The normalized spacial score (nSPS) is 18.2. The van der Waals surface area contributed by atoms with E-state index >= 15 is 0 Å². The summed E-state index contributed by atoms with van der Waals surface area (Å²) in [6.45, 7) is 3.06. The molecular formula is C13H21N3O. The molecule has 94 valence electrons. The SMILES string of the molecule is COc1ccc(CN[C@H](C)C2CCCC2)nn1. The second-order valence-electron chi connectivity index (χ2n) is 4.78. The predicted octanol–water partition coefficient (Wildman–Crippen LogP) is 2.15. The van der Waals surface area contributed by atoms with E-state index < -0.39 is 0 Å². The molecule has 1 aromatic heterocycles. The predicted molar refractivity (Wildman–Crippen MR) is 66.8 cm³/mol. The molecule has 1 saturated carbocycles. The Bertz CT molecular complexity index is 333. The Morgan fingerprint density at radius 1 is 1.35 bits per heavy atom. The van der Waals surface area contributed by atoms with Crippen LogP contribution in [0, 0.1) is 5.92 Å². The fraction of sp³-hybridized carbons (Fsp3) is 0.692. The molecule has 1 fully saturated rings. The average molecular weight is 235 g/mol. The first kappa shape index (κ1) is 12.3. The van der Waals surface area contributed by atoms with Gasteiger partial charge >= 0.3 is 0 Å². The number of rotatable bonds is 5. The van der Waals surface area contributed by atoms with Gasteiger partial charge in [-0.05, 0) is 31.7 Å². The average Bonchev–Trinajstić information content (AvgIpc) is 2.90. The van der Waals surface area contributed by atoms with Crippen molar-refractivity contribution in [2.75, 3.05) is 7.11 Å². The van der Waals surface area contributed by atoms with Crippen LogP contribution < -0.4 is 10.1 Å². The number of nitrogens with zero attached hydrogens (tertiary/aromatic N) is 2. The van der Waals surface area contributed by atoms with E-state index in [9.17, 15) is 0 Å². The number of methoxy groups -OCH3 is 1. The van der Waals surface area contributed by atoms with E-state index in [1.807, 2.05) is 12.1 Å². The minimum Gasteiger partial charge on any atom is -0.480 e. The topological polar surface area (TPSA) is 47.0 Å². The summed E-state index contributed by atoms with van der Waals surface area (Å²) in [6.07, 6.45) is 5.50. The highest BCUT2D eigenvalue weighted by atomic mass is 16.5. The van der Waals surface area contributed by atoms with Gasteiger partial charge in [0.15, 0.2) is 0 Å². The summed E-state index contributed by atoms with van der Waals surface area (Å²) in [5.74, 6) is 1.40. The van der Waals surface area contributed by atoms with E-state index in [1.54, 1.807) is 7.11 Å². The van der Waals surface area contributed by atoms with E-state index in [0.717, 1.165) is 18.2 Å². The molecule has 1 aliphatic rings. The van der Waals surface area contributed by atoms with Gasteiger partial charge in [0.2, 0.25) is 5.88 Å². The number of ether oxygens (including phenoxy) is 1. The monoisotopic (exact) mass is 235 g/mol. The van der Waals surface area contributed by atoms with Gasteiger partial charge in [-0.15, -0.1) is 5.10 Å². The minimum atomic E-state index is 0.567. The van der Waals surface area contributed by atoms with Gasteiger partial charge in [-0.1, -0.05) is 12.8 Å². The van der Waals surface area contributed by atoms with Gasteiger partial charge in [0.25, 0.3) is 0 Å². The molecular weight excluding hydrogens is 214 g/mol. The maximum atomic E-state index is 4.98. The Kier molecular flexibility index (Phi) is 4.31. The van der Waals surface area contributed by atoms with Crippen LogP contribution in [0.1, 0.15) is 38.3 Å². The highest BCUT2D eigenvalue weighted by molar-refractivity contribution is 5.11. The van der Waals surface area contributed by atoms with Gasteiger partial charge < -0.3 is 10.1 Å². The molecule has 0 saturated heterocycles. The Morgan fingerprint density at radius 3 is 2.71 bits per heavy atom. The standard InChI is InChI=1S/C13H21N3O/c1-10(11-5-3-4-6-11)14-9-12-7-8-13(17-2)16-15-12/h7-8,10-11,14H,3-6,9H2,1-2H3/t10-/m1/s1. The van der Waals surface area contributed by atoms with Crippen LogP contribution in [-0.2, 0) is 6.54 Å². The summed E-state index contributed by atoms with van der Waals surface area (Å²) in [7, 11) is 1.60. The first-order valence-corrected chi connectivity index (χ1v) is 6.39. The molecule has 0 aromatic carbocycles.